The summed E-state index contributed by atoms with van der Waals surface area (Å²) in [6.07, 6.45) is 1.33. The fourth-order valence-electron chi connectivity index (χ4n) is 1.53. The number of hydrogen-bond donors (Lipinski definition) is 0. The first-order valence-electron chi connectivity index (χ1n) is 4.83. The molecule has 0 aliphatic heterocycles. The molecular formula is C11H12N2O2. The van der Waals surface area contributed by atoms with Crippen molar-refractivity contribution >= 4 is 0 Å². The first kappa shape index (κ1) is 9.71. The maximum atomic E-state index is 10.9. The van der Waals surface area contributed by atoms with Gasteiger partial charge in [0, 0.05) is 11.6 Å². The van der Waals surface area contributed by atoms with Crippen molar-refractivity contribution in [2.45, 2.75) is 19.8 Å². The van der Waals surface area contributed by atoms with Crippen molar-refractivity contribution in [2.24, 2.45) is 0 Å². The third-order valence-corrected chi connectivity index (χ3v) is 2.25. The van der Waals surface area contributed by atoms with E-state index in [0.717, 1.165) is 11.3 Å². The van der Waals surface area contributed by atoms with Gasteiger partial charge in [0.25, 0.3) is 0 Å². The summed E-state index contributed by atoms with van der Waals surface area (Å²) in [6, 6.07) is 7.81. The molecule has 0 radical (unpaired) electrons. The second-order valence-corrected chi connectivity index (χ2v) is 3.68. The number of nitrogens with zero attached hydrogens (tertiary/aromatic N) is 2. The van der Waals surface area contributed by atoms with Gasteiger partial charge < -0.3 is 9.63 Å². The summed E-state index contributed by atoms with van der Waals surface area (Å²) in [6.45, 7) is 4.19. The van der Waals surface area contributed by atoms with Crippen LogP contribution in [-0.4, -0.2) is 5.27 Å². The Kier molecular flexibility index (Phi) is 2.41. The van der Waals surface area contributed by atoms with Crippen molar-refractivity contribution in [3.05, 3.63) is 36.0 Å². The fourth-order valence-corrected chi connectivity index (χ4v) is 1.53. The van der Waals surface area contributed by atoms with Gasteiger partial charge >= 0.3 is 0 Å². The number of aromatic nitrogens is 2. The SMILES string of the molecule is CC(C)c1ccccc1-[n+]1cc([O-])on1. The van der Waals surface area contributed by atoms with Crippen LogP contribution >= 0.6 is 0 Å². The van der Waals surface area contributed by atoms with Crippen molar-refractivity contribution < 1.29 is 14.3 Å². The average molecular weight is 204 g/mol. The van der Waals surface area contributed by atoms with E-state index in [2.05, 4.69) is 23.6 Å². The van der Waals surface area contributed by atoms with Gasteiger partial charge in [0.1, 0.15) is 5.95 Å². The second kappa shape index (κ2) is 3.73. The molecule has 2 aromatic rings. The second-order valence-electron chi connectivity index (χ2n) is 3.68. The van der Waals surface area contributed by atoms with Crippen molar-refractivity contribution in [3.63, 3.8) is 0 Å². The Morgan fingerprint density at radius 1 is 1.33 bits per heavy atom. The first-order chi connectivity index (χ1) is 7.18. The summed E-state index contributed by atoms with van der Waals surface area (Å²) in [5, 5.41) is 14.6. The Balaban J connectivity index is 2.52. The van der Waals surface area contributed by atoms with Gasteiger partial charge in [-0.15, -0.1) is 0 Å². The highest BCUT2D eigenvalue weighted by molar-refractivity contribution is 5.35. The van der Waals surface area contributed by atoms with E-state index in [4.69, 9.17) is 0 Å². The van der Waals surface area contributed by atoms with E-state index < -0.39 is 5.95 Å². The van der Waals surface area contributed by atoms with Crippen molar-refractivity contribution in [1.29, 1.82) is 0 Å². The molecule has 0 unspecified atom stereocenters. The van der Waals surface area contributed by atoms with Gasteiger partial charge in [-0.25, -0.2) is 0 Å². The summed E-state index contributed by atoms with van der Waals surface area (Å²) >= 11 is 0. The zero-order chi connectivity index (χ0) is 10.8. The lowest BCUT2D eigenvalue weighted by Crippen LogP contribution is -2.33. The normalized spacial score (nSPS) is 10.9. The topological polar surface area (TPSA) is 53.0 Å². The Labute approximate surface area is 87.7 Å². The third-order valence-electron chi connectivity index (χ3n) is 2.25. The van der Waals surface area contributed by atoms with Crippen LogP contribution in [0.5, 0.6) is 5.95 Å². The lowest BCUT2D eigenvalue weighted by atomic mass is 10.0. The summed E-state index contributed by atoms with van der Waals surface area (Å²) in [7, 11) is 0. The monoisotopic (exact) mass is 204 g/mol. The number of hydrogen-bond acceptors (Lipinski definition) is 3. The molecule has 4 heteroatoms. The van der Waals surface area contributed by atoms with Crippen LogP contribution in [0.25, 0.3) is 5.69 Å². The minimum atomic E-state index is -0.437. The lowest BCUT2D eigenvalue weighted by molar-refractivity contribution is -0.671. The Bertz CT molecular complexity index is 463. The van der Waals surface area contributed by atoms with Crippen molar-refractivity contribution in [2.75, 3.05) is 0 Å². The smallest absolute Gasteiger partial charge is 0.242 e. The van der Waals surface area contributed by atoms with E-state index in [9.17, 15) is 5.11 Å². The molecule has 0 N–H and O–H groups in total. The molecule has 1 heterocycles. The lowest BCUT2D eigenvalue weighted by Gasteiger charge is -2.04. The van der Waals surface area contributed by atoms with Crippen LogP contribution in [-0.2, 0) is 0 Å². The van der Waals surface area contributed by atoms with Crippen LogP contribution in [0, 0.1) is 0 Å². The average Bonchev–Trinajstić information content (AvgIpc) is 2.65. The molecule has 0 aliphatic carbocycles. The van der Waals surface area contributed by atoms with Crippen LogP contribution in [0.4, 0.5) is 0 Å². The summed E-state index contributed by atoms with van der Waals surface area (Å²) in [5.74, 6) is -0.0611. The number of rotatable bonds is 2. The molecule has 78 valence electrons. The predicted molar refractivity (Wildman–Crippen MR) is 51.6 cm³/mol. The zero-order valence-corrected chi connectivity index (χ0v) is 8.68. The summed E-state index contributed by atoms with van der Waals surface area (Å²) in [5.41, 5.74) is 2.02. The highest BCUT2D eigenvalue weighted by Gasteiger charge is 2.16. The molecule has 0 fully saturated rings. The van der Waals surface area contributed by atoms with Gasteiger partial charge in [-0.3, -0.25) is 0 Å². The van der Waals surface area contributed by atoms with Gasteiger partial charge in [0.05, 0.1) is 5.27 Å². The molecule has 0 saturated carbocycles. The molecule has 15 heavy (non-hydrogen) atoms. The van der Waals surface area contributed by atoms with Gasteiger partial charge in [0.2, 0.25) is 11.9 Å². The van der Waals surface area contributed by atoms with Crippen molar-refractivity contribution in [1.82, 2.24) is 5.27 Å². The van der Waals surface area contributed by atoms with E-state index in [-0.39, 0.29) is 0 Å². The standard InChI is InChI=1S/C11H12N2O2/c1-8(2)9-5-3-4-6-10(9)13-7-11(14)15-12-13/h3-8H,1-2H3. The summed E-state index contributed by atoms with van der Waals surface area (Å²) in [4.78, 5) is 0. The van der Waals surface area contributed by atoms with Crippen LogP contribution < -0.4 is 9.79 Å². The maximum Gasteiger partial charge on any atom is 0.242 e. The predicted octanol–water partition coefficient (Wildman–Crippen LogP) is 1.15. The summed E-state index contributed by atoms with van der Waals surface area (Å²) < 4.78 is 5.98. The Hall–Kier alpha value is -1.84. The minimum absolute atomic E-state index is 0.375. The molecule has 0 spiro atoms. The molecule has 0 atom stereocenters. The Morgan fingerprint density at radius 3 is 2.67 bits per heavy atom. The van der Waals surface area contributed by atoms with E-state index >= 15 is 0 Å². The van der Waals surface area contributed by atoms with E-state index in [1.54, 1.807) is 0 Å². The molecule has 1 aromatic heterocycles. The fraction of sp³-hybridized carbons (Fsp3) is 0.273. The van der Waals surface area contributed by atoms with Gasteiger partial charge in [-0.2, -0.15) is 0 Å². The molecule has 0 saturated heterocycles. The van der Waals surface area contributed by atoms with Crippen LogP contribution in [0.15, 0.2) is 35.0 Å². The quantitative estimate of drug-likeness (QED) is 0.689. The van der Waals surface area contributed by atoms with Crippen LogP contribution in [0.1, 0.15) is 25.3 Å². The van der Waals surface area contributed by atoms with Gasteiger partial charge in [-0.1, -0.05) is 32.0 Å². The molecule has 0 amide bonds. The third kappa shape index (κ3) is 1.83. The van der Waals surface area contributed by atoms with Gasteiger partial charge in [0.15, 0.2) is 0 Å². The molecule has 1 aromatic carbocycles. The van der Waals surface area contributed by atoms with E-state index in [0.29, 0.717) is 5.92 Å². The molecular weight excluding hydrogens is 192 g/mol. The first-order valence-corrected chi connectivity index (χ1v) is 4.83. The molecule has 0 aliphatic rings. The zero-order valence-electron chi connectivity index (χ0n) is 8.68. The number of benzene rings is 1. The Morgan fingerprint density at radius 2 is 2.07 bits per heavy atom. The highest BCUT2D eigenvalue weighted by atomic mass is 16.6. The molecule has 2 rings (SSSR count). The van der Waals surface area contributed by atoms with E-state index in [1.807, 2.05) is 24.3 Å². The minimum Gasteiger partial charge on any atom is -0.539 e. The van der Waals surface area contributed by atoms with Crippen LogP contribution in [0.3, 0.4) is 0 Å². The maximum absolute atomic E-state index is 10.9. The van der Waals surface area contributed by atoms with Crippen molar-refractivity contribution in [3.8, 4) is 11.6 Å². The van der Waals surface area contributed by atoms with E-state index in [1.165, 1.54) is 10.9 Å². The number of para-hydroxylation sites is 1. The van der Waals surface area contributed by atoms with Crippen LogP contribution in [0.2, 0.25) is 0 Å². The molecule has 0 bridgehead atoms. The van der Waals surface area contributed by atoms with Gasteiger partial charge in [-0.05, 0) is 10.6 Å². The highest BCUT2D eigenvalue weighted by Crippen LogP contribution is 2.18. The largest absolute Gasteiger partial charge is 0.539 e. The molecule has 4 nitrogen and oxygen atoms in total.